The minimum Gasteiger partial charge on any atom is -0.434 e. The van der Waals surface area contributed by atoms with Gasteiger partial charge in [-0.2, -0.15) is 8.78 Å². The summed E-state index contributed by atoms with van der Waals surface area (Å²) in [5.41, 5.74) is 2.98. The van der Waals surface area contributed by atoms with Crippen LogP contribution in [0.1, 0.15) is 16.7 Å². The van der Waals surface area contributed by atoms with Crippen LogP contribution in [0.25, 0.3) is 0 Å². The number of anilines is 1. The molecule has 0 saturated heterocycles. The van der Waals surface area contributed by atoms with Crippen LogP contribution in [0.5, 0.6) is 5.75 Å². The zero-order valence-corrected chi connectivity index (χ0v) is 12.9. The van der Waals surface area contributed by atoms with Gasteiger partial charge in [-0.1, -0.05) is 35.9 Å². The number of benzene rings is 2. The van der Waals surface area contributed by atoms with Crippen LogP contribution in [0.3, 0.4) is 0 Å². The molecule has 0 aliphatic heterocycles. The second-order valence-electron chi connectivity index (χ2n) is 5.10. The number of hydrogen-bond donors (Lipinski definition) is 2. The fourth-order valence-electron chi connectivity index (χ4n) is 2.03. The minimum absolute atomic E-state index is 0.0383. The second-order valence-corrected chi connectivity index (χ2v) is 5.10. The van der Waals surface area contributed by atoms with Crippen LogP contribution in [0, 0.1) is 13.8 Å². The van der Waals surface area contributed by atoms with E-state index in [9.17, 15) is 13.6 Å². The lowest BCUT2D eigenvalue weighted by Crippen LogP contribution is -2.28. The number of rotatable bonds is 5. The number of halogens is 2. The topological polar surface area (TPSA) is 50.4 Å². The lowest BCUT2D eigenvalue weighted by Gasteiger charge is -2.13. The summed E-state index contributed by atoms with van der Waals surface area (Å²) in [4.78, 5) is 11.9. The Morgan fingerprint density at radius 1 is 1.13 bits per heavy atom. The van der Waals surface area contributed by atoms with E-state index in [1.807, 2.05) is 31.2 Å². The molecule has 2 N–H and O–H groups in total. The summed E-state index contributed by atoms with van der Waals surface area (Å²) in [6.45, 7) is 1.06. The van der Waals surface area contributed by atoms with Gasteiger partial charge in [-0.05, 0) is 31.5 Å². The maximum absolute atomic E-state index is 12.3. The lowest BCUT2D eigenvalue weighted by atomic mass is 10.1. The molecule has 2 amide bonds. The van der Waals surface area contributed by atoms with E-state index in [2.05, 4.69) is 15.4 Å². The number of amides is 2. The van der Waals surface area contributed by atoms with Crippen LogP contribution >= 0.6 is 0 Å². The molecule has 0 heterocycles. The standard InChI is InChI=1S/C17H18F2N2O2/c1-11-6-8-13(9-7-11)10-20-17(22)21-14-4-3-5-15(12(14)2)23-16(18)19/h3-9,16H,10H2,1-2H3,(H2,20,21,22). The van der Waals surface area contributed by atoms with Crippen molar-refractivity contribution in [2.75, 3.05) is 5.32 Å². The zero-order valence-electron chi connectivity index (χ0n) is 12.9. The van der Waals surface area contributed by atoms with Crippen molar-refractivity contribution >= 4 is 11.7 Å². The van der Waals surface area contributed by atoms with Gasteiger partial charge in [0.15, 0.2) is 0 Å². The van der Waals surface area contributed by atoms with Gasteiger partial charge in [0.05, 0.1) is 0 Å². The monoisotopic (exact) mass is 320 g/mol. The van der Waals surface area contributed by atoms with Gasteiger partial charge >= 0.3 is 12.6 Å². The first-order chi connectivity index (χ1) is 11.0. The Morgan fingerprint density at radius 3 is 2.48 bits per heavy atom. The van der Waals surface area contributed by atoms with Crippen LogP contribution in [-0.4, -0.2) is 12.6 Å². The number of hydrogen-bond acceptors (Lipinski definition) is 2. The molecule has 0 aliphatic rings. The summed E-state index contributed by atoms with van der Waals surface area (Å²) in [5.74, 6) is 0.0383. The average Bonchev–Trinajstić information content (AvgIpc) is 2.50. The maximum Gasteiger partial charge on any atom is 0.387 e. The van der Waals surface area contributed by atoms with Crippen LogP contribution in [0.4, 0.5) is 19.3 Å². The lowest BCUT2D eigenvalue weighted by molar-refractivity contribution is -0.0502. The van der Waals surface area contributed by atoms with Crippen molar-refractivity contribution < 1.29 is 18.3 Å². The second kappa shape index (κ2) is 7.58. The predicted molar refractivity (Wildman–Crippen MR) is 84.8 cm³/mol. The number of alkyl halides is 2. The molecular weight excluding hydrogens is 302 g/mol. The van der Waals surface area contributed by atoms with Gasteiger partial charge < -0.3 is 15.4 Å². The van der Waals surface area contributed by atoms with Crippen molar-refractivity contribution in [1.29, 1.82) is 0 Å². The fourth-order valence-corrected chi connectivity index (χ4v) is 2.03. The normalized spacial score (nSPS) is 10.5. The summed E-state index contributed by atoms with van der Waals surface area (Å²) in [7, 11) is 0. The number of ether oxygens (including phenoxy) is 1. The van der Waals surface area contributed by atoms with E-state index in [0.29, 0.717) is 17.8 Å². The number of aryl methyl sites for hydroxylation is 1. The van der Waals surface area contributed by atoms with Crippen LogP contribution < -0.4 is 15.4 Å². The molecule has 0 unspecified atom stereocenters. The molecule has 0 aromatic heterocycles. The smallest absolute Gasteiger partial charge is 0.387 e. The van der Waals surface area contributed by atoms with Crippen molar-refractivity contribution in [1.82, 2.24) is 5.32 Å². The number of urea groups is 1. The first-order valence-corrected chi connectivity index (χ1v) is 7.10. The molecule has 0 radical (unpaired) electrons. The van der Waals surface area contributed by atoms with Gasteiger partial charge in [-0.15, -0.1) is 0 Å². The van der Waals surface area contributed by atoms with Crippen molar-refractivity contribution in [2.24, 2.45) is 0 Å². The predicted octanol–water partition coefficient (Wildman–Crippen LogP) is 4.23. The number of carbonyl (C=O) groups excluding carboxylic acids is 1. The van der Waals surface area contributed by atoms with Crippen molar-refractivity contribution in [2.45, 2.75) is 27.0 Å². The molecular formula is C17H18F2N2O2. The summed E-state index contributed by atoms with van der Waals surface area (Å²) >= 11 is 0. The SMILES string of the molecule is Cc1ccc(CNC(=O)Nc2cccc(OC(F)F)c2C)cc1. The Hall–Kier alpha value is -2.63. The number of carbonyl (C=O) groups is 1. The highest BCUT2D eigenvalue weighted by Gasteiger charge is 2.11. The Bertz CT molecular complexity index is 673. The van der Waals surface area contributed by atoms with Gasteiger partial charge in [-0.25, -0.2) is 4.79 Å². The Kier molecular flexibility index (Phi) is 5.51. The Labute approximate surface area is 133 Å². The Balaban J connectivity index is 1.96. The molecule has 0 bridgehead atoms. The van der Waals surface area contributed by atoms with Crippen LogP contribution in [-0.2, 0) is 6.54 Å². The van der Waals surface area contributed by atoms with Gasteiger partial charge in [0.1, 0.15) is 5.75 Å². The highest BCUT2D eigenvalue weighted by atomic mass is 19.3. The van der Waals surface area contributed by atoms with Crippen LogP contribution in [0.15, 0.2) is 42.5 Å². The highest BCUT2D eigenvalue weighted by Crippen LogP contribution is 2.26. The summed E-state index contributed by atoms with van der Waals surface area (Å²) in [5, 5.41) is 5.35. The molecule has 6 heteroatoms. The van der Waals surface area contributed by atoms with E-state index in [0.717, 1.165) is 11.1 Å². The van der Waals surface area contributed by atoms with E-state index in [1.54, 1.807) is 19.1 Å². The zero-order chi connectivity index (χ0) is 16.8. The minimum atomic E-state index is -2.90. The molecule has 122 valence electrons. The molecule has 0 atom stereocenters. The van der Waals surface area contributed by atoms with E-state index in [4.69, 9.17) is 0 Å². The molecule has 4 nitrogen and oxygen atoms in total. The van der Waals surface area contributed by atoms with E-state index >= 15 is 0 Å². The third-order valence-corrected chi connectivity index (χ3v) is 3.32. The van der Waals surface area contributed by atoms with Gasteiger partial charge in [0.25, 0.3) is 0 Å². The third-order valence-electron chi connectivity index (χ3n) is 3.32. The third kappa shape index (κ3) is 4.95. The summed E-state index contributed by atoms with van der Waals surface area (Å²) in [6.07, 6.45) is 0. The van der Waals surface area contributed by atoms with Crippen molar-refractivity contribution in [3.05, 3.63) is 59.2 Å². The molecule has 0 aliphatic carbocycles. The maximum atomic E-state index is 12.3. The highest BCUT2D eigenvalue weighted by molar-refractivity contribution is 5.90. The quantitative estimate of drug-likeness (QED) is 0.866. The van der Waals surface area contributed by atoms with Gasteiger partial charge in [-0.3, -0.25) is 0 Å². The largest absolute Gasteiger partial charge is 0.434 e. The number of nitrogens with one attached hydrogen (secondary N) is 2. The first-order valence-electron chi connectivity index (χ1n) is 7.10. The summed E-state index contributed by atoms with van der Waals surface area (Å²) in [6, 6.07) is 12.0. The van der Waals surface area contributed by atoms with E-state index in [1.165, 1.54) is 6.07 Å². The van der Waals surface area contributed by atoms with E-state index < -0.39 is 12.6 Å². The van der Waals surface area contributed by atoms with Crippen LogP contribution in [0.2, 0.25) is 0 Å². The van der Waals surface area contributed by atoms with Gasteiger partial charge in [0, 0.05) is 17.8 Å². The molecule has 2 aromatic carbocycles. The average molecular weight is 320 g/mol. The molecule has 0 saturated carbocycles. The molecule has 0 fully saturated rings. The van der Waals surface area contributed by atoms with E-state index in [-0.39, 0.29) is 5.75 Å². The van der Waals surface area contributed by atoms with Gasteiger partial charge in [0.2, 0.25) is 0 Å². The first kappa shape index (κ1) is 16.7. The molecule has 2 aromatic rings. The summed E-state index contributed by atoms with van der Waals surface area (Å²) < 4.78 is 29.0. The van der Waals surface area contributed by atoms with Crippen molar-refractivity contribution in [3.63, 3.8) is 0 Å². The molecule has 23 heavy (non-hydrogen) atoms. The van der Waals surface area contributed by atoms with Crippen molar-refractivity contribution in [3.8, 4) is 5.75 Å². The molecule has 0 spiro atoms. The Morgan fingerprint density at radius 2 is 1.83 bits per heavy atom. The molecule has 2 rings (SSSR count). The fraction of sp³-hybridized carbons (Fsp3) is 0.235.